The zero-order valence-corrected chi connectivity index (χ0v) is 15.4. The summed E-state index contributed by atoms with van der Waals surface area (Å²) in [7, 11) is 0. The van der Waals surface area contributed by atoms with Gasteiger partial charge in [0, 0.05) is 14.5 Å². The molecule has 110 valence electrons. The fourth-order valence-electron chi connectivity index (χ4n) is 2.76. The Kier molecular flexibility index (Phi) is 3.78. The average molecular weight is 411 g/mol. The van der Waals surface area contributed by atoms with Gasteiger partial charge >= 0.3 is 0 Å². The number of rotatable bonds is 2. The predicted molar refractivity (Wildman–Crippen MR) is 94.1 cm³/mol. The van der Waals surface area contributed by atoms with E-state index in [-0.39, 0.29) is 11.6 Å². The maximum Gasteiger partial charge on any atom is 0.128 e. The molecule has 0 bridgehead atoms. The van der Waals surface area contributed by atoms with Gasteiger partial charge in [0.05, 0.1) is 11.7 Å². The molecule has 0 radical (unpaired) electrons. The van der Waals surface area contributed by atoms with Crippen molar-refractivity contribution in [1.82, 2.24) is 0 Å². The summed E-state index contributed by atoms with van der Waals surface area (Å²) in [5, 5.41) is 3.63. The van der Waals surface area contributed by atoms with Crippen LogP contribution >= 0.6 is 31.9 Å². The second-order valence-corrected chi connectivity index (χ2v) is 7.63. The molecular formula is C17H17Br2NO. The van der Waals surface area contributed by atoms with Crippen molar-refractivity contribution >= 4 is 37.5 Å². The fraction of sp³-hybridized carbons (Fsp3) is 0.294. The van der Waals surface area contributed by atoms with E-state index in [0.717, 1.165) is 20.4 Å². The van der Waals surface area contributed by atoms with Crippen LogP contribution in [0, 0.1) is 6.92 Å². The first kappa shape index (κ1) is 14.9. The number of hydrogen-bond acceptors (Lipinski definition) is 2. The van der Waals surface area contributed by atoms with Crippen LogP contribution in [0.5, 0.6) is 5.75 Å². The average Bonchev–Trinajstić information content (AvgIpc) is 2.63. The quantitative estimate of drug-likeness (QED) is 0.670. The van der Waals surface area contributed by atoms with Gasteiger partial charge in [0.15, 0.2) is 0 Å². The number of benzene rings is 2. The molecule has 1 aliphatic rings. The van der Waals surface area contributed by atoms with Gasteiger partial charge in [0.2, 0.25) is 0 Å². The summed E-state index contributed by atoms with van der Waals surface area (Å²) < 4.78 is 8.19. The van der Waals surface area contributed by atoms with E-state index in [1.165, 1.54) is 11.1 Å². The lowest BCUT2D eigenvalue weighted by Crippen LogP contribution is -2.34. The van der Waals surface area contributed by atoms with Crippen LogP contribution < -0.4 is 10.1 Å². The number of para-hydroxylation sites is 1. The zero-order valence-electron chi connectivity index (χ0n) is 12.2. The van der Waals surface area contributed by atoms with Crippen LogP contribution in [0.2, 0.25) is 0 Å². The van der Waals surface area contributed by atoms with Gasteiger partial charge in [-0.2, -0.15) is 0 Å². The number of halogens is 2. The minimum absolute atomic E-state index is 0.101. The predicted octanol–water partition coefficient (Wildman–Crippen LogP) is 5.84. The smallest absolute Gasteiger partial charge is 0.128 e. The summed E-state index contributed by atoms with van der Waals surface area (Å²) in [4.78, 5) is 0. The van der Waals surface area contributed by atoms with E-state index < -0.39 is 0 Å². The van der Waals surface area contributed by atoms with Gasteiger partial charge in [-0.15, -0.1) is 0 Å². The molecule has 1 N–H and O–H groups in total. The first-order valence-electron chi connectivity index (χ1n) is 6.88. The van der Waals surface area contributed by atoms with E-state index in [4.69, 9.17) is 4.74 Å². The molecule has 2 aromatic rings. The molecule has 1 aliphatic heterocycles. The highest BCUT2D eigenvalue weighted by Gasteiger charge is 2.41. The van der Waals surface area contributed by atoms with Gasteiger partial charge in [0.1, 0.15) is 11.4 Å². The fourth-order valence-corrected chi connectivity index (χ4v) is 4.41. The number of fused-ring (bicyclic) bond motifs is 1. The number of ether oxygens (including phenoxy) is 1. The maximum absolute atomic E-state index is 6.09. The SMILES string of the molecule is Cc1cc(Br)c(NC2c3ccccc3OC2(C)C)c(Br)c1. The van der Waals surface area contributed by atoms with E-state index in [9.17, 15) is 0 Å². The van der Waals surface area contributed by atoms with Gasteiger partial charge in [-0.3, -0.25) is 0 Å². The molecule has 2 aromatic carbocycles. The lowest BCUT2D eigenvalue weighted by molar-refractivity contribution is 0.118. The van der Waals surface area contributed by atoms with Crippen molar-refractivity contribution in [2.24, 2.45) is 0 Å². The maximum atomic E-state index is 6.09. The van der Waals surface area contributed by atoms with Gasteiger partial charge in [-0.1, -0.05) is 18.2 Å². The first-order valence-corrected chi connectivity index (χ1v) is 8.47. The minimum atomic E-state index is -0.298. The Bertz CT molecular complexity index is 674. The zero-order chi connectivity index (χ0) is 15.2. The van der Waals surface area contributed by atoms with Crippen LogP contribution in [-0.2, 0) is 0 Å². The third-order valence-corrected chi connectivity index (χ3v) is 5.02. The lowest BCUT2D eigenvalue weighted by Gasteiger charge is -2.29. The second kappa shape index (κ2) is 5.33. The lowest BCUT2D eigenvalue weighted by atomic mass is 9.94. The van der Waals surface area contributed by atoms with Crippen LogP contribution in [0.15, 0.2) is 45.3 Å². The van der Waals surface area contributed by atoms with Gasteiger partial charge in [-0.25, -0.2) is 0 Å². The Balaban J connectivity index is 2.02. The Morgan fingerprint density at radius 1 is 1.10 bits per heavy atom. The number of hydrogen-bond donors (Lipinski definition) is 1. The summed E-state index contributed by atoms with van der Waals surface area (Å²) in [6.45, 7) is 6.30. The van der Waals surface area contributed by atoms with Crippen molar-refractivity contribution in [1.29, 1.82) is 0 Å². The van der Waals surface area contributed by atoms with Gasteiger partial charge in [-0.05, 0) is 76.4 Å². The normalized spacial score (nSPS) is 19.0. The number of nitrogens with one attached hydrogen (secondary N) is 1. The molecular weight excluding hydrogens is 394 g/mol. The molecule has 0 aliphatic carbocycles. The molecule has 3 rings (SSSR count). The summed E-state index contributed by atoms with van der Waals surface area (Å²) in [6, 6.07) is 12.5. The summed E-state index contributed by atoms with van der Waals surface area (Å²) in [6.07, 6.45) is 0. The molecule has 0 spiro atoms. The van der Waals surface area contributed by atoms with Crippen LogP contribution in [0.25, 0.3) is 0 Å². The second-order valence-electron chi connectivity index (χ2n) is 5.92. The molecule has 1 unspecified atom stereocenters. The van der Waals surface area contributed by atoms with Gasteiger partial charge < -0.3 is 10.1 Å². The molecule has 0 saturated heterocycles. The Hall–Kier alpha value is -1.00. The van der Waals surface area contributed by atoms with E-state index in [1.54, 1.807) is 0 Å². The van der Waals surface area contributed by atoms with Crippen molar-refractivity contribution in [3.05, 3.63) is 56.5 Å². The Labute approximate surface area is 142 Å². The van der Waals surface area contributed by atoms with Crippen LogP contribution in [-0.4, -0.2) is 5.60 Å². The highest BCUT2D eigenvalue weighted by Crippen LogP contribution is 2.46. The largest absolute Gasteiger partial charge is 0.485 e. The topological polar surface area (TPSA) is 21.3 Å². The standard InChI is InChI=1S/C17H17Br2NO/c1-10-8-12(18)15(13(19)9-10)20-16-11-6-4-5-7-14(11)21-17(16,2)3/h4-9,16,20H,1-3H3. The molecule has 0 amide bonds. The highest BCUT2D eigenvalue weighted by atomic mass is 79.9. The Morgan fingerprint density at radius 3 is 2.38 bits per heavy atom. The third kappa shape index (κ3) is 2.71. The van der Waals surface area contributed by atoms with Crippen LogP contribution in [0.3, 0.4) is 0 Å². The van der Waals surface area contributed by atoms with Crippen molar-refractivity contribution < 1.29 is 4.74 Å². The molecule has 1 heterocycles. The molecule has 0 fully saturated rings. The molecule has 21 heavy (non-hydrogen) atoms. The van der Waals surface area contributed by atoms with E-state index in [1.807, 2.05) is 12.1 Å². The van der Waals surface area contributed by atoms with Crippen LogP contribution in [0.1, 0.15) is 31.0 Å². The van der Waals surface area contributed by atoms with Crippen LogP contribution in [0.4, 0.5) is 5.69 Å². The Morgan fingerprint density at radius 2 is 1.71 bits per heavy atom. The summed E-state index contributed by atoms with van der Waals surface area (Å²) in [5.74, 6) is 0.958. The first-order chi connectivity index (χ1) is 9.88. The van der Waals surface area contributed by atoms with Crippen molar-refractivity contribution in [2.45, 2.75) is 32.4 Å². The monoisotopic (exact) mass is 409 g/mol. The minimum Gasteiger partial charge on any atom is -0.485 e. The summed E-state index contributed by atoms with van der Waals surface area (Å²) in [5.41, 5.74) is 3.16. The van der Waals surface area contributed by atoms with E-state index in [0.29, 0.717) is 0 Å². The summed E-state index contributed by atoms with van der Waals surface area (Å²) >= 11 is 7.30. The molecule has 1 atom stereocenters. The molecule has 0 saturated carbocycles. The molecule has 0 aromatic heterocycles. The molecule has 4 heteroatoms. The van der Waals surface area contributed by atoms with Crippen molar-refractivity contribution in [3.63, 3.8) is 0 Å². The van der Waals surface area contributed by atoms with Gasteiger partial charge in [0.25, 0.3) is 0 Å². The third-order valence-electron chi connectivity index (χ3n) is 3.77. The molecule has 2 nitrogen and oxygen atoms in total. The number of aryl methyl sites for hydroxylation is 1. The van der Waals surface area contributed by atoms with Crippen molar-refractivity contribution in [2.75, 3.05) is 5.32 Å². The number of anilines is 1. The van der Waals surface area contributed by atoms with Crippen molar-refractivity contribution in [3.8, 4) is 5.75 Å². The van der Waals surface area contributed by atoms with E-state index in [2.05, 4.69) is 82.2 Å². The highest BCUT2D eigenvalue weighted by molar-refractivity contribution is 9.11. The van der Waals surface area contributed by atoms with E-state index >= 15 is 0 Å².